The van der Waals surface area contributed by atoms with Crippen molar-refractivity contribution in [1.29, 1.82) is 0 Å². The molecule has 0 aliphatic rings. The van der Waals surface area contributed by atoms with Crippen molar-refractivity contribution < 1.29 is 14.3 Å². The van der Waals surface area contributed by atoms with Crippen LogP contribution in [0.3, 0.4) is 0 Å². The van der Waals surface area contributed by atoms with Gasteiger partial charge in [-0.15, -0.1) is 0 Å². The highest BCUT2D eigenvalue weighted by Gasteiger charge is 2.12. The van der Waals surface area contributed by atoms with Gasteiger partial charge in [0.2, 0.25) is 5.91 Å². The minimum atomic E-state index is -0.349. The average molecular weight is 495 g/mol. The van der Waals surface area contributed by atoms with Gasteiger partial charge >= 0.3 is 0 Å². The number of rotatable bonds is 20. The Labute approximate surface area is 218 Å². The molecule has 36 heavy (non-hydrogen) atoms. The standard InChI is InChI=1S/C31H46N2O3/c1-2-3-4-5-6-7-8-9-10-11-12-13-14-15-23-36-29-21-19-28(20-22-29)33-31(35)25-30(34)26-17-16-18-27(32)24-26/h16-22,24H,2-15,23,25,32H2,1H3,(H,33,35). The van der Waals surface area contributed by atoms with Gasteiger partial charge in [-0.05, 0) is 42.8 Å². The Balaban J connectivity index is 1.47. The molecular formula is C31H46N2O3. The van der Waals surface area contributed by atoms with Crippen molar-refractivity contribution >= 4 is 23.1 Å². The van der Waals surface area contributed by atoms with E-state index in [4.69, 9.17) is 10.5 Å². The molecule has 0 heterocycles. The minimum Gasteiger partial charge on any atom is -0.494 e. The molecule has 5 heteroatoms. The lowest BCUT2D eigenvalue weighted by Crippen LogP contribution is -2.16. The molecule has 0 aliphatic carbocycles. The molecule has 0 bridgehead atoms. The van der Waals surface area contributed by atoms with E-state index < -0.39 is 0 Å². The van der Waals surface area contributed by atoms with E-state index in [1.807, 2.05) is 12.1 Å². The number of benzene rings is 2. The molecule has 2 rings (SSSR count). The molecule has 1 amide bonds. The first kappa shape index (κ1) is 29.4. The van der Waals surface area contributed by atoms with Crippen molar-refractivity contribution in [3.8, 4) is 5.75 Å². The first-order valence-corrected chi connectivity index (χ1v) is 14.0. The molecule has 0 saturated carbocycles. The predicted octanol–water partition coefficient (Wildman–Crippen LogP) is 8.34. The Hall–Kier alpha value is -2.82. The lowest BCUT2D eigenvalue weighted by molar-refractivity contribution is -0.115. The Bertz CT molecular complexity index is 880. The number of carbonyl (C=O) groups excluding carboxylic acids is 2. The van der Waals surface area contributed by atoms with E-state index in [0.717, 1.165) is 12.2 Å². The zero-order valence-electron chi connectivity index (χ0n) is 22.2. The van der Waals surface area contributed by atoms with Crippen molar-refractivity contribution in [2.24, 2.45) is 0 Å². The highest BCUT2D eigenvalue weighted by atomic mass is 16.5. The third-order valence-corrected chi connectivity index (χ3v) is 6.43. The topological polar surface area (TPSA) is 81.4 Å². The summed E-state index contributed by atoms with van der Waals surface area (Å²) in [6.07, 6.45) is 18.6. The maximum Gasteiger partial charge on any atom is 0.232 e. The van der Waals surface area contributed by atoms with Gasteiger partial charge in [-0.2, -0.15) is 0 Å². The number of carbonyl (C=O) groups is 2. The number of amides is 1. The van der Waals surface area contributed by atoms with Crippen LogP contribution in [0.1, 0.15) is 114 Å². The van der Waals surface area contributed by atoms with E-state index in [-0.39, 0.29) is 18.1 Å². The maximum absolute atomic E-state index is 12.2. The molecule has 5 nitrogen and oxygen atoms in total. The third-order valence-electron chi connectivity index (χ3n) is 6.43. The predicted molar refractivity (Wildman–Crippen MR) is 151 cm³/mol. The lowest BCUT2D eigenvalue weighted by atomic mass is 10.0. The average Bonchev–Trinajstić information content (AvgIpc) is 2.87. The van der Waals surface area contributed by atoms with Crippen molar-refractivity contribution in [1.82, 2.24) is 0 Å². The van der Waals surface area contributed by atoms with Gasteiger partial charge in [0.05, 0.1) is 13.0 Å². The Morgan fingerprint density at radius 3 is 1.86 bits per heavy atom. The quantitative estimate of drug-likeness (QED) is 0.0838. The summed E-state index contributed by atoms with van der Waals surface area (Å²) in [7, 11) is 0. The highest BCUT2D eigenvalue weighted by molar-refractivity contribution is 6.11. The molecule has 0 unspecified atom stereocenters. The molecule has 0 radical (unpaired) electrons. The molecule has 0 fully saturated rings. The molecule has 0 atom stereocenters. The zero-order valence-corrected chi connectivity index (χ0v) is 22.2. The molecule has 0 saturated heterocycles. The number of ketones is 1. The van der Waals surface area contributed by atoms with Crippen LogP contribution in [0.5, 0.6) is 5.75 Å². The van der Waals surface area contributed by atoms with Crippen molar-refractivity contribution in [2.75, 3.05) is 17.7 Å². The van der Waals surface area contributed by atoms with Crippen LogP contribution in [0, 0.1) is 0 Å². The fourth-order valence-electron chi connectivity index (χ4n) is 4.29. The first-order valence-electron chi connectivity index (χ1n) is 14.0. The summed E-state index contributed by atoms with van der Waals surface area (Å²) in [5.74, 6) is 0.185. The largest absolute Gasteiger partial charge is 0.494 e. The monoisotopic (exact) mass is 494 g/mol. The first-order chi connectivity index (χ1) is 17.6. The van der Waals surface area contributed by atoms with E-state index in [2.05, 4.69) is 12.2 Å². The van der Waals surface area contributed by atoms with Gasteiger partial charge in [0.1, 0.15) is 5.75 Å². The molecule has 0 spiro atoms. The second-order valence-corrected chi connectivity index (χ2v) is 9.74. The fourth-order valence-corrected chi connectivity index (χ4v) is 4.29. The number of nitrogen functional groups attached to an aromatic ring is 1. The van der Waals surface area contributed by atoms with Gasteiger partial charge in [-0.25, -0.2) is 0 Å². The number of nitrogens with two attached hydrogens (primary N) is 1. The van der Waals surface area contributed by atoms with Gasteiger partial charge in [0, 0.05) is 16.9 Å². The summed E-state index contributed by atoms with van der Waals surface area (Å²) >= 11 is 0. The van der Waals surface area contributed by atoms with Gasteiger partial charge in [-0.3, -0.25) is 9.59 Å². The van der Waals surface area contributed by atoms with E-state index in [9.17, 15) is 9.59 Å². The third kappa shape index (κ3) is 13.3. The summed E-state index contributed by atoms with van der Waals surface area (Å²) in [5, 5.41) is 2.76. The van der Waals surface area contributed by atoms with Crippen LogP contribution in [-0.4, -0.2) is 18.3 Å². The normalized spacial score (nSPS) is 10.8. The zero-order chi connectivity index (χ0) is 25.8. The van der Waals surface area contributed by atoms with Crippen LogP contribution >= 0.6 is 0 Å². The number of nitrogens with one attached hydrogen (secondary N) is 1. The number of hydrogen-bond donors (Lipinski definition) is 2. The van der Waals surface area contributed by atoms with E-state index in [0.29, 0.717) is 23.5 Å². The fraction of sp³-hybridized carbons (Fsp3) is 0.548. The number of ether oxygens (including phenoxy) is 1. The summed E-state index contributed by atoms with van der Waals surface area (Å²) in [5.41, 5.74) is 7.29. The van der Waals surface area contributed by atoms with Crippen molar-refractivity contribution in [3.05, 3.63) is 54.1 Å². The lowest BCUT2D eigenvalue weighted by Gasteiger charge is -2.09. The molecule has 2 aromatic carbocycles. The van der Waals surface area contributed by atoms with Crippen LogP contribution in [0.4, 0.5) is 11.4 Å². The smallest absolute Gasteiger partial charge is 0.232 e. The Morgan fingerprint density at radius 1 is 0.750 bits per heavy atom. The van der Waals surface area contributed by atoms with Crippen LogP contribution in [0.2, 0.25) is 0 Å². The number of unbranched alkanes of at least 4 members (excludes halogenated alkanes) is 13. The number of anilines is 2. The van der Waals surface area contributed by atoms with Crippen LogP contribution < -0.4 is 15.8 Å². The van der Waals surface area contributed by atoms with Crippen LogP contribution in [0.25, 0.3) is 0 Å². The molecule has 2 aromatic rings. The van der Waals surface area contributed by atoms with E-state index in [1.54, 1.807) is 36.4 Å². The Kier molecular flexibility index (Phi) is 15.1. The number of Topliss-reactive ketones (excluding diaryl/α,β-unsaturated/α-hetero) is 1. The van der Waals surface area contributed by atoms with Gasteiger partial charge in [0.25, 0.3) is 0 Å². The molecular weight excluding hydrogens is 448 g/mol. The van der Waals surface area contributed by atoms with Gasteiger partial charge in [0.15, 0.2) is 5.78 Å². The van der Waals surface area contributed by atoms with Gasteiger partial charge in [-0.1, -0.05) is 103 Å². The van der Waals surface area contributed by atoms with E-state index >= 15 is 0 Å². The summed E-state index contributed by atoms with van der Waals surface area (Å²) in [6.45, 7) is 2.98. The van der Waals surface area contributed by atoms with Crippen molar-refractivity contribution in [3.63, 3.8) is 0 Å². The summed E-state index contributed by atoms with van der Waals surface area (Å²) in [4.78, 5) is 24.4. The van der Waals surface area contributed by atoms with Gasteiger partial charge < -0.3 is 15.8 Å². The Morgan fingerprint density at radius 2 is 1.31 bits per heavy atom. The molecule has 0 aromatic heterocycles. The summed E-state index contributed by atoms with van der Waals surface area (Å²) < 4.78 is 5.83. The second-order valence-electron chi connectivity index (χ2n) is 9.74. The van der Waals surface area contributed by atoms with Crippen molar-refractivity contribution in [2.45, 2.75) is 103 Å². The molecule has 198 valence electrons. The SMILES string of the molecule is CCCCCCCCCCCCCCCCOc1ccc(NC(=O)CC(=O)c2cccc(N)c2)cc1. The highest BCUT2D eigenvalue weighted by Crippen LogP contribution is 2.18. The van der Waals surface area contributed by atoms with Crippen LogP contribution in [0.15, 0.2) is 48.5 Å². The van der Waals surface area contributed by atoms with E-state index in [1.165, 1.54) is 83.5 Å². The molecule has 3 N–H and O–H groups in total. The second kappa shape index (κ2) is 18.4. The molecule has 0 aliphatic heterocycles. The summed E-state index contributed by atoms with van der Waals surface area (Å²) in [6, 6.07) is 13.9. The maximum atomic E-state index is 12.2. The minimum absolute atomic E-state index is 0.221. The van der Waals surface area contributed by atoms with Crippen LogP contribution in [-0.2, 0) is 4.79 Å². The number of hydrogen-bond acceptors (Lipinski definition) is 4.